The van der Waals surface area contributed by atoms with Crippen molar-refractivity contribution in [1.82, 2.24) is 19.9 Å². The van der Waals surface area contributed by atoms with Gasteiger partial charge in [-0.1, -0.05) is 17.7 Å². The quantitative estimate of drug-likeness (QED) is 0.924. The first-order valence-corrected chi connectivity index (χ1v) is 6.47. The molecule has 0 radical (unpaired) electrons. The summed E-state index contributed by atoms with van der Waals surface area (Å²) in [5, 5.41) is 17.8. The van der Waals surface area contributed by atoms with Crippen LogP contribution in [-0.2, 0) is 0 Å². The van der Waals surface area contributed by atoms with Crippen LogP contribution in [0.4, 0.5) is 0 Å². The Hall–Kier alpha value is -1.92. The van der Waals surface area contributed by atoms with Gasteiger partial charge in [-0.15, -0.1) is 5.10 Å². The summed E-state index contributed by atoms with van der Waals surface area (Å²) < 4.78 is 0. The van der Waals surface area contributed by atoms with Crippen molar-refractivity contribution in [3.05, 3.63) is 41.2 Å². The van der Waals surface area contributed by atoms with Crippen molar-refractivity contribution in [3.63, 3.8) is 0 Å². The molecule has 1 unspecified atom stereocenters. The van der Waals surface area contributed by atoms with Crippen LogP contribution >= 0.6 is 11.6 Å². The summed E-state index contributed by atoms with van der Waals surface area (Å²) in [5.41, 5.74) is 0.891. The molecule has 0 spiro atoms. The lowest BCUT2D eigenvalue weighted by Gasteiger charge is -2.21. The van der Waals surface area contributed by atoms with E-state index in [9.17, 15) is 4.79 Å². The molecule has 1 N–H and O–H groups in total. The van der Waals surface area contributed by atoms with Gasteiger partial charge in [0, 0.05) is 12.1 Å². The molecule has 0 bridgehead atoms. The lowest BCUT2D eigenvalue weighted by molar-refractivity contribution is 0.0676. The molecule has 6 nitrogen and oxygen atoms in total. The van der Waals surface area contributed by atoms with Gasteiger partial charge in [-0.2, -0.15) is 9.90 Å². The number of benzene rings is 1. The van der Waals surface area contributed by atoms with Gasteiger partial charge >= 0.3 is 0 Å². The van der Waals surface area contributed by atoms with Crippen molar-refractivity contribution in [3.8, 4) is 5.69 Å². The molecule has 0 fully saturated rings. The topological polar surface area (TPSA) is 71.2 Å². The second-order valence-corrected chi connectivity index (χ2v) is 4.88. The van der Waals surface area contributed by atoms with Crippen LogP contribution in [0.1, 0.15) is 17.4 Å². The number of carbonyl (C=O) groups is 1. The molecular weight excluding hydrogens is 280 g/mol. The van der Waals surface area contributed by atoms with Crippen LogP contribution in [0.3, 0.4) is 0 Å². The second kappa shape index (κ2) is 6.02. The molecule has 1 atom stereocenters. The van der Waals surface area contributed by atoms with E-state index in [2.05, 4.69) is 10.2 Å². The molecular formula is C13H15ClN4O2. The van der Waals surface area contributed by atoms with E-state index in [4.69, 9.17) is 16.7 Å². The summed E-state index contributed by atoms with van der Waals surface area (Å²) in [6, 6.07) is 6.74. The molecule has 7 heteroatoms. The summed E-state index contributed by atoms with van der Waals surface area (Å²) in [4.78, 5) is 14.9. The van der Waals surface area contributed by atoms with Crippen LogP contribution in [0.5, 0.6) is 0 Å². The maximum Gasteiger partial charge on any atom is 0.276 e. The zero-order valence-corrected chi connectivity index (χ0v) is 11.9. The maximum absolute atomic E-state index is 12.1. The average molecular weight is 295 g/mol. The fraction of sp³-hybridized carbons (Fsp3) is 0.308. The number of aliphatic hydroxyl groups excluding tert-OH is 1. The highest BCUT2D eigenvalue weighted by molar-refractivity contribution is 6.30. The Kier molecular flexibility index (Phi) is 4.36. The van der Waals surface area contributed by atoms with Gasteiger partial charge in [0.1, 0.15) is 0 Å². The molecule has 2 rings (SSSR count). The van der Waals surface area contributed by atoms with E-state index >= 15 is 0 Å². The fourth-order valence-electron chi connectivity index (χ4n) is 1.59. The molecule has 0 aliphatic carbocycles. The molecule has 0 saturated heterocycles. The zero-order valence-electron chi connectivity index (χ0n) is 11.2. The molecule has 106 valence electrons. The monoisotopic (exact) mass is 294 g/mol. The summed E-state index contributed by atoms with van der Waals surface area (Å²) in [5.74, 6) is -0.292. The van der Waals surface area contributed by atoms with Crippen LogP contribution in [-0.4, -0.2) is 50.6 Å². The van der Waals surface area contributed by atoms with E-state index in [0.29, 0.717) is 10.7 Å². The molecule has 1 heterocycles. The highest BCUT2D eigenvalue weighted by Gasteiger charge is 2.20. The number of aliphatic hydroxyl groups is 1. The van der Waals surface area contributed by atoms with E-state index in [1.807, 2.05) is 0 Å². The number of aromatic nitrogens is 3. The van der Waals surface area contributed by atoms with E-state index < -0.39 is 0 Å². The van der Waals surface area contributed by atoms with Crippen molar-refractivity contribution in [2.45, 2.75) is 13.0 Å². The Morgan fingerprint density at radius 1 is 1.55 bits per heavy atom. The van der Waals surface area contributed by atoms with Crippen LogP contribution in [0.15, 0.2) is 30.5 Å². The lowest BCUT2D eigenvalue weighted by Crippen LogP contribution is -2.37. The minimum atomic E-state index is -0.292. The molecule has 1 aromatic carbocycles. The van der Waals surface area contributed by atoms with Gasteiger partial charge in [-0.3, -0.25) is 4.79 Å². The first kappa shape index (κ1) is 14.5. The lowest BCUT2D eigenvalue weighted by atomic mass is 10.3. The van der Waals surface area contributed by atoms with Crippen LogP contribution in [0.2, 0.25) is 5.02 Å². The standard InChI is InChI=1S/C13H15ClN4O2/c1-9(8-19)17(2)13(20)12-7-15-18(16-12)11-5-3-4-10(14)6-11/h3-7,9,19H,8H2,1-2H3. The average Bonchev–Trinajstić information content (AvgIpc) is 2.94. The van der Waals surface area contributed by atoms with Crippen molar-refractivity contribution in [1.29, 1.82) is 0 Å². The predicted molar refractivity (Wildman–Crippen MR) is 75.0 cm³/mol. The molecule has 1 aromatic heterocycles. The number of rotatable bonds is 4. The first-order valence-electron chi connectivity index (χ1n) is 6.09. The Morgan fingerprint density at radius 2 is 2.30 bits per heavy atom. The number of carbonyl (C=O) groups excluding carboxylic acids is 1. The van der Waals surface area contributed by atoms with Crippen molar-refractivity contribution >= 4 is 17.5 Å². The fourth-order valence-corrected chi connectivity index (χ4v) is 1.77. The SMILES string of the molecule is CC(CO)N(C)C(=O)c1cnn(-c2cccc(Cl)c2)n1. The van der Waals surface area contributed by atoms with Crippen molar-refractivity contribution < 1.29 is 9.90 Å². The highest BCUT2D eigenvalue weighted by Crippen LogP contribution is 2.13. The Balaban J connectivity index is 2.23. The molecule has 1 amide bonds. The number of nitrogens with zero attached hydrogens (tertiary/aromatic N) is 4. The maximum atomic E-state index is 12.1. The minimum Gasteiger partial charge on any atom is -0.394 e. The normalized spacial score (nSPS) is 12.2. The van der Waals surface area contributed by atoms with Gasteiger partial charge in [-0.05, 0) is 25.1 Å². The van der Waals surface area contributed by atoms with Gasteiger partial charge in [0.2, 0.25) is 0 Å². The van der Waals surface area contributed by atoms with Crippen molar-refractivity contribution in [2.75, 3.05) is 13.7 Å². The van der Waals surface area contributed by atoms with Gasteiger partial charge < -0.3 is 10.0 Å². The summed E-state index contributed by atoms with van der Waals surface area (Å²) in [7, 11) is 1.61. The summed E-state index contributed by atoms with van der Waals surface area (Å²) in [6.45, 7) is 1.64. The van der Waals surface area contributed by atoms with Gasteiger partial charge in [-0.25, -0.2) is 0 Å². The zero-order chi connectivity index (χ0) is 14.7. The Morgan fingerprint density at radius 3 is 2.95 bits per heavy atom. The summed E-state index contributed by atoms with van der Waals surface area (Å²) >= 11 is 5.90. The van der Waals surface area contributed by atoms with Crippen LogP contribution < -0.4 is 0 Å². The highest BCUT2D eigenvalue weighted by atomic mass is 35.5. The first-order chi connectivity index (χ1) is 9.52. The molecule has 0 aliphatic heterocycles. The van der Waals surface area contributed by atoms with Crippen LogP contribution in [0.25, 0.3) is 5.69 Å². The number of amides is 1. The number of likely N-dealkylation sites (N-methyl/N-ethyl adjacent to an activating group) is 1. The summed E-state index contributed by atoms with van der Waals surface area (Å²) in [6.07, 6.45) is 1.39. The Bertz CT molecular complexity index is 614. The number of hydrogen-bond acceptors (Lipinski definition) is 4. The van der Waals surface area contributed by atoms with Gasteiger partial charge in [0.05, 0.1) is 24.5 Å². The smallest absolute Gasteiger partial charge is 0.276 e. The minimum absolute atomic E-state index is 0.106. The third-order valence-corrected chi connectivity index (χ3v) is 3.23. The number of hydrogen-bond donors (Lipinski definition) is 1. The van der Waals surface area contributed by atoms with E-state index in [0.717, 1.165) is 0 Å². The van der Waals surface area contributed by atoms with Crippen LogP contribution in [0, 0.1) is 0 Å². The van der Waals surface area contributed by atoms with Gasteiger partial charge in [0.15, 0.2) is 5.69 Å². The van der Waals surface area contributed by atoms with Gasteiger partial charge in [0.25, 0.3) is 5.91 Å². The molecule has 2 aromatic rings. The molecule has 0 aliphatic rings. The molecule has 0 saturated carbocycles. The Labute approximate surface area is 121 Å². The van der Waals surface area contributed by atoms with E-state index in [1.54, 1.807) is 38.2 Å². The third kappa shape index (κ3) is 2.97. The predicted octanol–water partition coefficient (Wildman–Crippen LogP) is 1.37. The molecule has 20 heavy (non-hydrogen) atoms. The largest absolute Gasteiger partial charge is 0.394 e. The third-order valence-electron chi connectivity index (χ3n) is 3.00. The number of halogens is 1. The second-order valence-electron chi connectivity index (χ2n) is 4.45. The van der Waals surface area contributed by atoms with E-state index in [1.165, 1.54) is 15.9 Å². The van der Waals surface area contributed by atoms with Crippen molar-refractivity contribution in [2.24, 2.45) is 0 Å². The van der Waals surface area contributed by atoms with E-state index in [-0.39, 0.29) is 24.2 Å².